The Morgan fingerprint density at radius 1 is 1.13 bits per heavy atom. The van der Waals surface area contributed by atoms with E-state index in [9.17, 15) is 14.0 Å². The third kappa shape index (κ3) is 5.08. The Hall–Kier alpha value is -1.62. The number of likely N-dealkylation sites (tertiary alicyclic amines) is 1. The number of hydrogen-bond donors (Lipinski definition) is 2. The van der Waals surface area contributed by atoms with Crippen LogP contribution in [-0.4, -0.2) is 55.1 Å². The molecular weight excluding hydrogens is 530 g/mol. The van der Waals surface area contributed by atoms with E-state index in [4.69, 9.17) is 0 Å². The zero-order valence-electron chi connectivity index (χ0n) is 17.4. The third-order valence-corrected chi connectivity index (χ3v) is 7.18. The molecule has 4 unspecified atom stereocenters. The maximum Gasteiger partial charge on any atom is 0.233 e. The predicted octanol–water partition coefficient (Wildman–Crippen LogP) is 2.65. The standard InChI is InChI=1S/C22H27FN4O2S.HI/c1-24-22(26-9-11-30-13-16-4-2-3-5-17(16)23)25-8-10-27-20(28)18-14-6-7-15(12-14)19(18)21(27)29;/h2-7,14-15,18-19H,8-13H2,1H3,(H2,24,25,26);1H. The van der Waals surface area contributed by atoms with Gasteiger partial charge in [-0.15, -0.1) is 24.0 Å². The largest absolute Gasteiger partial charge is 0.356 e. The summed E-state index contributed by atoms with van der Waals surface area (Å²) in [4.78, 5) is 31.0. The summed E-state index contributed by atoms with van der Waals surface area (Å²) < 4.78 is 13.6. The second-order valence-corrected chi connectivity index (χ2v) is 9.00. The van der Waals surface area contributed by atoms with Crippen molar-refractivity contribution in [3.8, 4) is 0 Å². The molecule has 168 valence electrons. The van der Waals surface area contributed by atoms with Gasteiger partial charge < -0.3 is 10.6 Å². The summed E-state index contributed by atoms with van der Waals surface area (Å²) in [6, 6.07) is 6.81. The van der Waals surface area contributed by atoms with Crippen LogP contribution < -0.4 is 10.6 Å². The molecule has 6 nitrogen and oxygen atoms in total. The molecule has 4 rings (SSSR count). The first-order chi connectivity index (χ1) is 14.6. The van der Waals surface area contributed by atoms with Crippen LogP contribution in [0.2, 0.25) is 0 Å². The lowest BCUT2D eigenvalue weighted by atomic mass is 9.85. The van der Waals surface area contributed by atoms with E-state index >= 15 is 0 Å². The van der Waals surface area contributed by atoms with E-state index in [-0.39, 0.29) is 65.3 Å². The van der Waals surface area contributed by atoms with Gasteiger partial charge in [0.15, 0.2) is 5.96 Å². The number of imide groups is 1. The number of aliphatic imine (C=N–C) groups is 1. The molecule has 31 heavy (non-hydrogen) atoms. The van der Waals surface area contributed by atoms with Gasteiger partial charge in [-0.25, -0.2) is 4.39 Å². The van der Waals surface area contributed by atoms with Crippen LogP contribution in [0, 0.1) is 29.5 Å². The molecule has 1 heterocycles. The highest BCUT2D eigenvalue weighted by molar-refractivity contribution is 14.0. The minimum absolute atomic E-state index is 0. The average Bonchev–Trinajstić information content (AvgIpc) is 3.43. The number of nitrogens with zero attached hydrogens (tertiary/aromatic N) is 2. The monoisotopic (exact) mass is 558 g/mol. The van der Waals surface area contributed by atoms with Crippen LogP contribution >= 0.6 is 35.7 Å². The molecule has 1 aliphatic heterocycles. The number of rotatable bonds is 8. The topological polar surface area (TPSA) is 73.8 Å². The third-order valence-electron chi connectivity index (χ3n) is 6.17. The quantitative estimate of drug-likeness (QED) is 0.128. The van der Waals surface area contributed by atoms with E-state index < -0.39 is 0 Å². The Morgan fingerprint density at radius 3 is 2.42 bits per heavy atom. The van der Waals surface area contributed by atoms with Crippen LogP contribution in [0.1, 0.15) is 12.0 Å². The lowest BCUT2D eigenvalue weighted by molar-refractivity contribution is -0.140. The van der Waals surface area contributed by atoms with Crippen LogP contribution in [0.15, 0.2) is 41.4 Å². The summed E-state index contributed by atoms with van der Waals surface area (Å²) in [6.07, 6.45) is 5.16. The van der Waals surface area contributed by atoms with Crippen molar-refractivity contribution in [1.29, 1.82) is 0 Å². The Morgan fingerprint density at radius 2 is 1.77 bits per heavy atom. The number of fused-ring (bicyclic) bond motifs is 5. The van der Waals surface area contributed by atoms with Gasteiger partial charge >= 0.3 is 0 Å². The number of halogens is 2. The maximum atomic E-state index is 13.6. The van der Waals surface area contributed by atoms with Crippen LogP contribution in [0.4, 0.5) is 4.39 Å². The molecule has 2 fully saturated rings. The van der Waals surface area contributed by atoms with E-state index in [2.05, 4.69) is 27.8 Å². The number of amides is 2. The minimum atomic E-state index is -0.172. The first-order valence-corrected chi connectivity index (χ1v) is 11.5. The molecule has 0 aromatic heterocycles. The number of nitrogens with one attached hydrogen (secondary N) is 2. The normalized spacial score (nSPS) is 26.3. The fraction of sp³-hybridized carbons (Fsp3) is 0.500. The Labute approximate surface area is 203 Å². The van der Waals surface area contributed by atoms with E-state index in [1.165, 1.54) is 11.0 Å². The van der Waals surface area contributed by atoms with E-state index in [1.54, 1.807) is 30.9 Å². The van der Waals surface area contributed by atoms with Gasteiger partial charge in [-0.3, -0.25) is 19.5 Å². The zero-order chi connectivity index (χ0) is 21.1. The Bertz CT molecular complexity index is 851. The molecule has 1 saturated heterocycles. The fourth-order valence-electron chi connectivity index (χ4n) is 4.73. The minimum Gasteiger partial charge on any atom is -0.356 e. The molecule has 1 aromatic rings. The molecular formula is C22H28FIN4O2S. The highest BCUT2D eigenvalue weighted by Gasteiger charge is 2.58. The van der Waals surface area contributed by atoms with E-state index in [1.807, 2.05) is 6.07 Å². The van der Waals surface area contributed by atoms with Crippen molar-refractivity contribution in [1.82, 2.24) is 15.5 Å². The molecule has 1 aromatic carbocycles. The van der Waals surface area contributed by atoms with Crippen molar-refractivity contribution in [3.05, 3.63) is 47.8 Å². The molecule has 0 spiro atoms. The number of carbonyl (C=O) groups excluding carboxylic acids is 2. The molecule has 2 N–H and O–H groups in total. The molecule has 0 radical (unpaired) electrons. The van der Waals surface area contributed by atoms with Crippen LogP contribution in [0.5, 0.6) is 0 Å². The van der Waals surface area contributed by atoms with Crippen molar-refractivity contribution in [2.45, 2.75) is 12.2 Å². The summed E-state index contributed by atoms with van der Waals surface area (Å²) in [5.41, 5.74) is 0.707. The number of allylic oxidation sites excluding steroid dienone is 2. The van der Waals surface area contributed by atoms with Gasteiger partial charge in [-0.1, -0.05) is 30.4 Å². The maximum absolute atomic E-state index is 13.6. The summed E-state index contributed by atoms with van der Waals surface area (Å²) in [6.45, 7) is 1.49. The number of guanidine groups is 1. The zero-order valence-corrected chi connectivity index (χ0v) is 20.6. The SMILES string of the molecule is CN=C(NCCSCc1ccccc1F)NCCN1C(=O)C2C3C=CC(C3)C2C1=O.I. The van der Waals surface area contributed by atoms with Crippen molar-refractivity contribution < 1.29 is 14.0 Å². The summed E-state index contributed by atoms with van der Waals surface area (Å²) in [5, 5.41) is 6.37. The van der Waals surface area contributed by atoms with E-state index in [0.29, 0.717) is 36.9 Å². The van der Waals surface area contributed by atoms with Crippen molar-refractivity contribution in [2.24, 2.45) is 28.7 Å². The highest BCUT2D eigenvalue weighted by Crippen LogP contribution is 2.52. The predicted molar refractivity (Wildman–Crippen MR) is 132 cm³/mol. The van der Waals surface area contributed by atoms with Crippen molar-refractivity contribution in [2.75, 3.05) is 32.4 Å². The molecule has 1 saturated carbocycles. The summed E-state index contributed by atoms with van der Waals surface area (Å²) in [5.74, 6) is 2.05. The van der Waals surface area contributed by atoms with Gasteiger partial charge in [0.2, 0.25) is 11.8 Å². The first kappa shape index (κ1) is 24.0. The lowest BCUT2D eigenvalue weighted by Gasteiger charge is -2.18. The van der Waals surface area contributed by atoms with Crippen molar-refractivity contribution in [3.63, 3.8) is 0 Å². The Balaban J connectivity index is 0.00000272. The van der Waals surface area contributed by atoms with Crippen molar-refractivity contribution >= 4 is 53.5 Å². The van der Waals surface area contributed by atoms with Gasteiger partial charge in [0.25, 0.3) is 0 Å². The van der Waals surface area contributed by atoms with Gasteiger partial charge in [0.05, 0.1) is 11.8 Å². The van der Waals surface area contributed by atoms with E-state index in [0.717, 1.165) is 12.2 Å². The molecule has 2 amide bonds. The smallest absolute Gasteiger partial charge is 0.233 e. The van der Waals surface area contributed by atoms with Gasteiger partial charge in [0, 0.05) is 38.2 Å². The molecule has 3 aliphatic rings. The Kier molecular flexibility index (Phi) is 8.37. The second-order valence-electron chi connectivity index (χ2n) is 7.90. The number of hydrogen-bond acceptors (Lipinski definition) is 4. The number of benzene rings is 1. The number of carbonyl (C=O) groups is 2. The van der Waals surface area contributed by atoms with Gasteiger partial charge in [-0.05, 0) is 29.9 Å². The molecule has 9 heteroatoms. The van der Waals surface area contributed by atoms with Gasteiger partial charge in [0.1, 0.15) is 5.82 Å². The van der Waals surface area contributed by atoms with Gasteiger partial charge in [-0.2, -0.15) is 11.8 Å². The number of thioether (sulfide) groups is 1. The molecule has 4 atom stereocenters. The van der Waals surface area contributed by atoms with Crippen LogP contribution in [-0.2, 0) is 15.3 Å². The fourth-order valence-corrected chi connectivity index (χ4v) is 5.58. The first-order valence-electron chi connectivity index (χ1n) is 10.4. The lowest BCUT2D eigenvalue weighted by Crippen LogP contribution is -2.44. The highest BCUT2D eigenvalue weighted by atomic mass is 127. The average molecular weight is 558 g/mol. The second kappa shape index (κ2) is 10.8. The van der Waals surface area contributed by atoms with Crippen LogP contribution in [0.3, 0.4) is 0 Å². The molecule has 2 aliphatic carbocycles. The van der Waals surface area contributed by atoms with Crippen LogP contribution in [0.25, 0.3) is 0 Å². The summed E-state index contributed by atoms with van der Waals surface area (Å²) >= 11 is 1.64. The summed E-state index contributed by atoms with van der Waals surface area (Å²) in [7, 11) is 1.68. The molecule has 2 bridgehead atoms.